The second kappa shape index (κ2) is 10.5. The Hall–Kier alpha value is -4.42. The van der Waals surface area contributed by atoms with Crippen LogP contribution in [0.1, 0.15) is 34.1 Å². The van der Waals surface area contributed by atoms with Crippen molar-refractivity contribution in [3.63, 3.8) is 0 Å². The minimum Gasteiger partial charge on any atom is -0.493 e. The van der Waals surface area contributed by atoms with Gasteiger partial charge in [0, 0.05) is 19.2 Å². The molecule has 1 unspecified atom stereocenters. The molecule has 0 aliphatic carbocycles. The Labute approximate surface area is 229 Å². The molecule has 216 valence electrons. The Balaban J connectivity index is 1.57. The summed E-state index contributed by atoms with van der Waals surface area (Å²) in [5, 5.41) is 0. The van der Waals surface area contributed by atoms with Gasteiger partial charge in [-0.3, -0.25) is 4.79 Å². The number of rotatable bonds is 6. The maximum absolute atomic E-state index is 13.5. The van der Waals surface area contributed by atoms with Gasteiger partial charge in [-0.25, -0.2) is 4.98 Å². The highest BCUT2D eigenvalue weighted by molar-refractivity contribution is 5.79. The van der Waals surface area contributed by atoms with E-state index >= 15 is 0 Å². The van der Waals surface area contributed by atoms with Crippen LogP contribution >= 0.6 is 0 Å². The lowest BCUT2D eigenvalue weighted by molar-refractivity contribution is -0.141. The van der Waals surface area contributed by atoms with E-state index in [4.69, 9.17) is 14.2 Å². The van der Waals surface area contributed by atoms with E-state index in [-0.39, 0.29) is 18.6 Å². The zero-order chi connectivity index (χ0) is 29.5. The molecule has 5 rings (SSSR count). The average molecular weight is 579 g/mol. The van der Waals surface area contributed by atoms with Crippen LogP contribution in [0.5, 0.6) is 17.2 Å². The molecule has 41 heavy (non-hydrogen) atoms. The fraction of sp³-hybridized carbons (Fsp3) is 0.286. The zero-order valence-electron chi connectivity index (χ0n) is 21.7. The summed E-state index contributed by atoms with van der Waals surface area (Å²) in [6, 6.07) is 10.4. The van der Waals surface area contributed by atoms with Crippen molar-refractivity contribution in [3.8, 4) is 17.2 Å². The molecule has 0 radical (unpaired) electrons. The van der Waals surface area contributed by atoms with Crippen molar-refractivity contribution >= 4 is 11.6 Å². The van der Waals surface area contributed by atoms with Gasteiger partial charge < -0.3 is 23.5 Å². The molecular formula is C28H23F6N3O4. The number of pyridine rings is 1. The highest BCUT2D eigenvalue weighted by Crippen LogP contribution is 2.41. The van der Waals surface area contributed by atoms with E-state index in [1.54, 1.807) is 18.2 Å². The molecule has 1 atom stereocenters. The maximum Gasteiger partial charge on any atom is 0.419 e. The SMILES string of the molecule is COc1ccc(C2c3c(nc4cc(C(F)(F)F)ccn34)CCN2C(=O)COc2ccccc2C(F)(F)F)cc1OC. The molecule has 0 saturated heterocycles. The molecule has 2 aromatic carbocycles. The van der Waals surface area contributed by atoms with E-state index in [1.807, 2.05) is 0 Å². The number of benzene rings is 2. The van der Waals surface area contributed by atoms with Crippen LogP contribution in [0.15, 0.2) is 60.8 Å². The van der Waals surface area contributed by atoms with Crippen molar-refractivity contribution < 1.29 is 45.3 Å². The van der Waals surface area contributed by atoms with Crippen LogP contribution in [0, 0.1) is 0 Å². The lowest BCUT2D eigenvalue weighted by atomic mass is 9.95. The minimum atomic E-state index is -4.69. The van der Waals surface area contributed by atoms with Crippen LogP contribution in [0.3, 0.4) is 0 Å². The third-order valence-electron chi connectivity index (χ3n) is 6.81. The van der Waals surface area contributed by atoms with Gasteiger partial charge in [-0.2, -0.15) is 26.3 Å². The standard InChI is InChI=1S/C28H23F6N3O4/c1-39-21-8-7-16(13-22(21)40-2)25-26-19(35-23-14-17(27(29,30)31)9-11-36(23)26)10-12-37(25)24(38)15-41-20-6-4-3-5-18(20)28(32,33)34/h3-9,11,13-14,25H,10,12,15H2,1-2H3. The number of methoxy groups -OCH3 is 2. The Morgan fingerprint density at radius 1 is 0.927 bits per heavy atom. The normalized spacial score (nSPS) is 15.5. The third-order valence-corrected chi connectivity index (χ3v) is 6.81. The molecule has 0 fully saturated rings. The number of imidazole rings is 1. The molecule has 3 heterocycles. The molecule has 1 aliphatic rings. The number of carbonyl (C=O) groups excluding carboxylic acids is 1. The van der Waals surface area contributed by atoms with E-state index < -0.39 is 47.8 Å². The monoisotopic (exact) mass is 579 g/mol. The molecule has 0 spiro atoms. The molecule has 1 aliphatic heterocycles. The van der Waals surface area contributed by atoms with Crippen LogP contribution in [-0.2, 0) is 23.6 Å². The summed E-state index contributed by atoms with van der Waals surface area (Å²) in [5.41, 5.74) is -0.408. The van der Waals surface area contributed by atoms with Gasteiger partial charge in [0.2, 0.25) is 0 Å². The van der Waals surface area contributed by atoms with Crippen LogP contribution in [0.2, 0.25) is 0 Å². The van der Waals surface area contributed by atoms with E-state index in [2.05, 4.69) is 4.98 Å². The number of alkyl halides is 6. The van der Waals surface area contributed by atoms with Crippen molar-refractivity contribution in [1.82, 2.24) is 14.3 Å². The summed E-state index contributed by atoms with van der Waals surface area (Å²) in [7, 11) is 2.88. The van der Waals surface area contributed by atoms with Gasteiger partial charge in [-0.05, 0) is 42.0 Å². The fourth-order valence-corrected chi connectivity index (χ4v) is 4.94. The smallest absolute Gasteiger partial charge is 0.419 e. The second-order valence-corrected chi connectivity index (χ2v) is 9.22. The summed E-state index contributed by atoms with van der Waals surface area (Å²) in [6.45, 7) is -0.619. The number of para-hydroxylation sites is 1. The zero-order valence-corrected chi connectivity index (χ0v) is 21.7. The predicted octanol–water partition coefficient (Wildman–Crippen LogP) is 5.94. The van der Waals surface area contributed by atoms with Crippen molar-refractivity contribution in [2.75, 3.05) is 27.4 Å². The van der Waals surface area contributed by atoms with Gasteiger partial charge in [0.05, 0.1) is 42.8 Å². The molecule has 4 aromatic rings. The van der Waals surface area contributed by atoms with Crippen molar-refractivity contribution in [2.24, 2.45) is 0 Å². The third kappa shape index (κ3) is 5.35. The topological polar surface area (TPSA) is 65.3 Å². The second-order valence-electron chi connectivity index (χ2n) is 9.22. The van der Waals surface area contributed by atoms with Crippen LogP contribution < -0.4 is 14.2 Å². The lowest BCUT2D eigenvalue weighted by Gasteiger charge is -2.36. The summed E-state index contributed by atoms with van der Waals surface area (Å²) >= 11 is 0. The largest absolute Gasteiger partial charge is 0.493 e. The summed E-state index contributed by atoms with van der Waals surface area (Å²) in [5.74, 6) is -0.379. The number of amides is 1. The summed E-state index contributed by atoms with van der Waals surface area (Å²) < 4.78 is 98.1. The Morgan fingerprint density at radius 3 is 2.34 bits per heavy atom. The number of nitrogens with zero attached hydrogens (tertiary/aromatic N) is 3. The number of hydrogen-bond acceptors (Lipinski definition) is 5. The van der Waals surface area contributed by atoms with Gasteiger partial charge in [-0.15, -0.1) is 0 Å². The highest BCUT2D eigenvalue weighted by atomic mass is 19.4. The summed E-state index contributed by atoms with van der Waals surface area (Å²) in [4.78, 5) is 19.4. The first-order valence-corrected chi connectivity index (χ1v) is 12.3. The van der Waals surface area contributed by atoms with Crippen molar-refractivity contribution in [1.29, 1.82) is 0 Å². The van der Waals surface area contributed by atoms with E-state index in [0.717, 1.165) is 24.3 Å². The highest BCUT2D eigenvalue weighted by Gasteiger charge is 2.38. The summed E-state index contributed by atoms with van der Waals surface area (Å²) in [6.07, 6.45) is -7.83. The first-order chi connectivity index (χ1) is 19.4. The van der Waals surface area contributed by atoms with E-state index in [0.29, 0.717) is 28.5 Å². The Morgan fingerprint density at radius 2 is 1.66 bits per heavy atom. The van der Waals surface area contributed by atoms with Crippen LogP contribution in [0.4, 0.5) is 26.3 Å². The van der Waals surface area contributed by atoms with Gasteiger partial charge in [-0.1, -0.05) is 18.2 Å². The maximum atomic E-state index is 13.5. The number of halogens is 6. The molecule has 0 saturated carbocycles. The fourth-order valence-electron chi connectivity index (χ4n) is 4.94. The van der Waals surface area contributed by atoms with E-state index in [9.17, 15) is 31.1 Å². The molecule has 7 nitrogen and oxygen atoms in total. The van der Waals surface area contributed by atoms with Crippen molar-refractivity contribution in [2.45, 2.75) is 24.8 Å². The first-order valence-electron chi connectivity index (χ1n) is 12.3. The van der Waals surface area contributed by atoms with Gasteiger partial charge in [0.1, 0.15) is 11.4 Å². The minimum absolute atomic E-state index is 0.0416. The first kappa shape index (κ1) is 28.1. The number of hydrogen-bond donors (Lipinski definition) is 0. The van der Waals surface area contributed by atoms with Gasteiger partial charge in [0.25, 0.3) is 5.91 Å². The Kier molecular flexibility index (Phi) is 7.22. The van der Waals surface area contributed by atoms with Crippen LogP contribution in [-0.4, -0.2) is 47.6 Å². The molecule has 0 N–H and O–H groups in total. The lowest BCUT2D eigenvalue weighted by Crippen LogP contribution is -2.43. The molecule has 13 heteroatoms. The molecule has 0 bridgehead atoms. The molecular weight excluding hydrogens is 556 g/mol. The molecule has 1 amide bonds. The quantitative estimate of drug-likeness (QED) is 0.265. The average Bonchev–Trinajstić information content (AvgIpc) is 3.32. The van der Waals surface area contributed by atoms with Gasteiger partial charge in [0.15, 0.2) is 18.1 Å². The Bertz CT molecular complexity index is 1600. The predicted molar refractivity (Wildman–Crippen MR) is 134 cm³/mol. The van der Waals surface area contributed by atoms with Crippen LogP contribution in [0.25, 0.3) is 5.65 Å². The molecule has 2 aromatic heterocycles. The number of aromatic nitrogens is 2. The van der Waals surface area contributed by atoms with E-state index in [1.165, 1.54) is 41.8 Å². The van der Waals surface area contributed by atoms with Crippen molar-refractivity contribution in [3.05, 3.63) is 88.9 Å². The number of carbonyl (C=O) groups is 1. The van der Waals surface area contributed by atoms with Gasteiger partial charge >= 0.3 is 12.4 Å². The number of fused-ring (bicyclic) bond motifs is 3. The number of ether oxygens (including phenoxy) is 3.